The summed E-state index contributed by atoms with van der Waals surface area (Å²) in [6.07, 6.45) is -6.36. The van der Waals surface area contributed by atoms with Gasteiger partial charge in [-0.05, 0) is 36.6 Å². The minimum atomic E-state index is -4.80. The van der Waals surface area contributed by atoms with Crippen molar-refractivity contribution in [3.05, 3.63) is 34.9 Å². The molecule has 1 N–H and O–H groups in total. The highest BCUT2D eigenvalue weighted by Crippen LogP contribution is 2.36. The minimum absolute atomic E-state index is 0.0694. The van der Waals surface area contributed by atoms with Gasteiger partial charge in [0.1, 0.15) is 0 Å². The highest BCUT2D eigenvalue weighted by molar-refractivity contribution is 5.33. The molecule has 1 fully saturated rings. The van der Waals surface area contributed by atoms with Crippen LogP contribution in [-0.2, 0) is 18.8 Å². The van der Waals surface area contributed by atoms with E-state index in [9.17, 15) is 26.3 Å². The molecule has 0 radical (unpaired) electrons. The van der Waals surface area contributed by atoms with Gasteiger partial charge in [0.25, 0.3) is 0 Å². The second kappa shape index (κ2) is 8.61. The molecule has 1 aliphatic rings. The average molecular weight is 382 g/mol. The Hall–Kier alpha value is -1.28. The zero-order chi connectivity index (χ0) is 19.4. The maximum Gasteiger partial charge on any atom is 0.416 e. The van der Waals surface area contributed by atoms with Crippen molar-refractivity contribution in [1.29, 1.82) is 0 Å². The molecule has 1 aliphatic heterocycles. The lowest BCUT2D eigenvalue weighted by Gasteiger charge is -2.36. The van der Waals surface area contributed by atoms with Crippen LogP contribution in [0.2, 0.25) is 0 Å². The van der Waals surface area contributed by atoms with Crippen molar-refractivity contribution in [2.45, 2.75) is 51.0 Å². The topological polar surface area (TPSA) is 15.3 Å². The molecule has 2 rings (SSSR count). The van der Waals surface area contributed by atoms with Gasteiger partial charge in [0.05, 0.1) is 11.1 Å². The molecule has 8 heteroatoms. The number of unbranched alkanes of at least 4 members (excludes halogenated alkanes) is 1. The fourth-order valence-corrected chi connectivity index (χ4v) is 3.26. The summed E-state index contributed by atoms with van der Waals surface area (Å²) in [6.45, 7) is 4.87. The van der Waals surface area contributed by atoms with Crippen LogP contribution in [-0.4, -0.2) is 37.1 Å². The van der Waals surface area contributed by atoms with Gasteiger partial charge in [-0.3, -0.25) is 4.90 Å². The molecule has 1 aromatic rings. The van der Waals surface area contributed by atoms with Crippen LogP contribution in [0.5, 0.6) is 0 Å². The summed E-state index contributed by atoms with van der Waals surface area (Å²) in [5, 5.41) is 3.29. The van der Waals surface area contributed by atoms with Crippen molar-refractivity contribution in [3.8, 4) is 0 Å². The molecule has 1 heterocycles. The quantitative estimate of drug-likeness (QED) is 0.716. The molecule has 0 aliphatic carbocycles. The van der Waals surface area contributed by atoms with E-state index in [1.54, 1.807) is 0 Å². The Labute approximate surface area is 149 Å². The first-order valence-corrected chi connectivity index (χ1v) is 8.84. The number of alkyl halides is 6. The third-order valence-corrected chi connectivity index (χ3v) is 4.70. The fourth-order valence-electron chi connectivity index (χ4n) is 3.26. The summed E-state index contributed by atoms with van der Waals surface area (Å²) in [4.78, 5) is 2.17. The number of piperazine rings is 1. The van der Waals surface area contributed by atoms with Crippen LogP contribution in [0.4, 0.5) is 26.3 Å². The number of nitrogens with zero attached hydrogens (tertiary/aromatic N) is 1. The first-order valence-electron chi connectivity index (χ1n) is 8.84. The Kier molecular flexibility index (Phi) is 6.96. The summed E-state index contributed by atoms with van der Waals surface area (Å²) in [5.74, 6) is 0. The summed E-state index contributed by atoms with van der Waals surface area (Å²) in [7, 11) is 0. The Morgan fingerprint density at radius 2 is 1.65 bits per heavy atom. The van der Waals surface area contributed by atoms with Gasteiger partial charge in [-0.15, -0.1) is 0 Å². The van der Waals surface area contributed by atoms with Crippen molar-refractivity contribution in [3.63, 3.8) is 0 Å². The third-order valence-electron chi connectivity index (χ3n) is 4.70. The zero-order valence-corrected chi connectivity index (χ0v) is 14.7. The van der Waals surface area contributed by atoms with E-state index in [4.69, 9.17) is 0 Å². The Balaban J connectivity index is 2.14. The van der Waals surface area contributed by atoms with E-state index in [1.165, 1.54) is 0 Å². The molecular weight excluding hydrogens is 358 g/mol. The second-order valence-electron chi connectivity index (χ2n) is 6.70. The molecule has 1 aromatic carbocycles. The molecule has 0 bridgehead atoms. The van der Waals surface area contributed by atoms with E-state index in [0.717, 1.165) is 51.0 Å². The predicted molar refractivity (Wildman–Crippen MR) is 87.9 cm³/mol. The van der Waals surface area contributed by atoms with Crippen LogP contribution in [0.1, 0.15) is 42.9 Å². The number of benzene rings is 1. The van der Waals surface area contributed by atoms with E-state index in [0.29, 0.717) is 6.54 Å². The van der Waals surface area contributed by atoms with E-state index in [2.05, 4.69) is 17.1 Å². The Morgan fingerprint density at radius 3 is 2.19 bits per heavy atom. The van der Waals surface area contributed by atoms with Gasteiger partial charge in [-0.2, -0.15) is 26.3 Å². The van der Waals surface area contributed by atoms with E-state index < -0.39 is 23.5 Å². The number of hydrogen-bond acceptors (Lipinski definition) is 2. The van der Waals surface area contributed by atoms with E-state index in [1.807, 2.05) is 0 Å². The van der Waals surface area contributed by atoms with E-state index >= 15 is 0 Å². The molecule has 0 spiro atoms. The van der Waals surface area contributed by atoms with Gasteiger partial charge >= 0.3 is 12.4 Å². The predicted octanol–water partition coefficient (Wildman–Crippen LogP) is 4.73. The highest BCUT2D eigenvalue weighted by Gasteiger charge is 2.36. The van der Waals surface area contributed by atoms with Crippen molar-refractivity contribution < 1.29 is 26.3 Å². The van der Waals surface area contributed by atoms with Crippen LogP contribution in [0.3, 0.4) is 0 Å². The summed E-state index contributed by atoms with van der Waals surface area (Å²) in [5.41, 5.74) is -2.42. The van der Waals surface area contributed by atoms with Gasteiger partial charge in [0.15, 0.2) is 0 Å². The lowest BCUT2D eigenvalue weighted by molar-refractivity contribution is -0.143. The Morgan fingerprint density at radius 1 is 1.04 bits per heavy atom. The standard InChI is InChI=1S/C18H24F6N2/c1-2-3-4-16-12-25-6-8-26(16)7-5-13-9-14(17(19,20)21)11-15(10-13)18(22,23)24/h9-11,16,25H,2-8,12H2,1H3/t16-/m1/s1. The average Bonchev–Trinajstić information content (AvgIpc) is 2.57. The van der Waals surface area contributed by atoms with E-state index in [-0.39, 0.29) is 24.1 Å². The molecule has 0 amide bonds. The normalized spacial score (nSPS) is 19.7. The first kappa shape index (κ1) is 21.0. The molecule has 0 saturated carbocycles. The Bertz CT molecular complexity index is 550. The number of halogens is 6. The first-order chi connectivity index (χ1) is 12.1. The number of rotatable bonds is 6. The van der Waals surface area contributed by atoms with Crippen LogP contribution >= 0.6 is 0 Å². The van der Waals surface area contributed by atoms with Gasteiger partial charge in [0.2, 0.25) is 0 Å². The summed E-state index contributed by atoms with van der Waals surface area (Å²) < 4.78 is 77.7. The summed E-state index contributed by atoms with van der Waals surface area (Å²) in [6, 6.07) is 2.12. The monoisotopic (exact) mass is 382 g/mol. The largest absolute Gasteiger partial charge is 0.416 e. The molecule has 0 aromatic heterocycles. The third kappa shape index (κ3) is 5.87. The zero-order valence-electron chi connectivity index (χ0n) is 14.7. The molecule has 0 unspecified atom stereocenters. The molecule has 2 nitrogen and oxygen atoms in total. The van der Waals surface area contributed by atoms with Crippen LogP contribution < -0.4 is 5.32 Å². The van der Waals surface area contributed by atoms with Crippen LogP contribution in [0.15, 0.2) is 18.2 Å². The van der Waals surface area contributed by atoms with Crippen molar-refractivity contribution in [2.75, 3.05) is 26.2 Å². The fraction of sp³-hybridized carbons (Fsp3) is 0.667. The lowest BCUT2D eigenvalue weighted by atomic mass is 10.0. The second-order valence-corrected chi connectivity index (χ2v) is 6.70. The number of nitrogens with one attached hydrogen (secondary N) is 1. The molecular formula is C18H24F6N2. The van der Waals surface area contributed by atoms with Gasteiger partial charge < -0.3 is 5.32 Å². The van der Waals surface area contributed by atoms with Gasteiger partial charge in [-0.1, -0.05) is 19.8 Å². The maximum absolute atomic E-state index is 12.9. The minimum Gasteiger partial charge on any atom is -0.314 e. The summed E-state index contributed by atoms with van der Waals surface area (Å²) >= 11 is 0. The smallest absolute Gasteiger partial charge is 0.314 e. The molecule has 1 saturated heterocycles. The van der Waals surface area contributed by atoms with Gasteiger partial charge in [0, 0.05) is 32.2 Å². The molecule has 148 valence electrons. The molecule has 26 heavy (non-hydrogen) atoms. The van der Waals surface area contributed by atoms with Gasteiger partial charge in [-0.25, -0.2) is 0 Å². The lowest BCUT2D eigenvalue weighted by Crippen LogP contribution is -2.51. The van der Waals surface area contributed by atoms with Crippen LogP contribution in [0, 0.1) is 0 Å². The molecule has 1 atom stereocenters. The highest BCUT2D eigenvalue weighted by atomic mass is 19.4. The SMILES string of the molecule is CCCC[C@@H]1CNCCN1CCc1cc(C(F)(F)F)cc(C(F)(F)F)c1. The van der Waals surface area contributed by atoms with Crippen molar-refractivity contribution in [2.24, 2.45) is 0 Å². The maximum atomic E-state index is 12.9. The number of hydrogen-bond donors (Lipinski definition) is 1. The van der Waals surface area contributed by atoms with Crippen molar-refractivity contribution in [1.82, 2.24) is 10.2 Å². The van der Waals surface area contributed by atoms with Crippen molar-refractivity contribution >= 4 is 0 Å². The van der Waals surface area contributed by atoms with Crippen LogP contribution in [0.25, 0.3) is 0 Å².